The van der Waals surface area contributed by atoms with Crippen LogP contribution in [0, 0.1) is 12.7 Å². The van der Waals surface area contributed by atoms with Crippen molar-refractivity contribution in [3.05, 3.63) is 59.8 Å². The Kier molecular flexibility index (Phi) is 4.72. The van der Waals surface area contributed by atoms with E-state index in [0.29, 0.717) is 12.5 Å². The van der Waals surface area contributed by atoms with Crippen LogP contribution in [0.3, 0.4) is 0 Å². The molecule has 1 fully saturated rings. The Morgan fingerprint density at radius 1 is 1.11 bits per heavy atom. The molecule has 0 aliphatic carbocycles. The van der Waals surface area contributed by atoms with Crippen molar-refractivity contribution in [2.24, 2.45) is 0 Å². The summed E-state index contributed by atoms with van der Waals surface area (Å²) in [5, 5.41) is 4.28. The van der Waals surface area contributed by atoms with Crippen LogP contribution in [0.1, 0.15) is 11.3 Å². The van der Waals surface area contributed by atoms with E-state index in [-0.39, 0.29) is 5.82 Å². The number of rotatable bonds is 4. The minimum atomic E-state index is -0.230. The SMILES string of the molecule is Cc1cc(N2CCN(Cc3cc(F)ccc3-n3cccn3)CC2)nc(N)n1. The number of hydrogen-bond donors (Lipinski definition) is 1. The van der Waals surface area contributed by atoms with E-state index in [1.54, 1.807) is 23.0 Å². The highest BCUT2D eigenvalue weighted by Gasteiger charge is 2.20. The predicted molar refractivity (Wildman–Crippen MR) is 102 cm³/mol. The molecular formula is C19H22FN7. The first-order valence-corrected chi connectivity index (χ1v) is 8.95. The third-order valence-electron chi connectivity index (χ3n) is 4.74. The van der Waals surface area contributed by atoms with Crippen LogP contribution in [0.25, 0.3) is 5.69 Å². The molecule has 2 N–H and O–H groups in total. The number of piperazine rings is 1. The lowest BCUT2D eigenvalue weighted by atomic mass is 10.1. The van der Waals surface area contributed by atoms with E-state index in [9.17, 15) is 4.39 Å². The number of benzene rings is 1. The van der Waals surface area contributed by atoms with Crippen LogP contribution in [0.4, 0.5) is 16.2 Å². The molecule has 0 bridgehead atoms. The number of aromatic nitrogens is 4. The molecule has 1 aliphatic heterocycles. The average molecular weight is 367 g/mol. The summed E-state index contributed by atoms with van der Waals surface area (Å²) in [7, 11) is 0. The zero-order valence-electron chi connectivity index (χ0n) is 15.2. The van der Waals surface area contributed by atoms with Crippen LogP contribution in [0.15, 0.2) is 42.7 Å². The van der Waals surface area contributed by atoms with Crippen molar-refractivity contribution < 1.29 is 4.39 Å². The minimum absolute atomic E-state index is 0.230. The number of nitrogens with zero attached hydrogens (tertiary/aromatic N) is 6. The summed E-state index contributed by atoms with van der Waals surface area (Å²) in [4.78, 5) is 13.0. The second-order valence-corrected chi connectivity index (χ2v) is 6.71. The Morgan fingerprint density at radius 2 is 1.93 bits per heavy atom. The third kappa shape index (κ3) is 3.90. The Bertz CT molecular complexity index is 898. The molecule has 4 rings (SSSR count). The second kappa shape index (κ2) is 7.32. The number of nitrogen functional groups attached to an aromatic ring is 1. The fourth-order valence-electron chi connectivity index (χ4n) is 3.43. The summed E-state index contributed by atoms with van der Waals surface area (Å²) < 4.78 is 15.6. The molecule has 27 heavy (non-hydrogen) atoms. The van der Waals surface area contributed by atoms with Crippen molar-refractivity contribution in [1.82, 2.24) is 24.6 Å². The monoisotopic (exact) mass is 367 g/mol. The van der Waals surface area contributed by atoms with E-state index in [4.69, 9.17) is 5.73 Å². The van der Waals surface area contributed by atoms with Gasteiger partial charge >= 0.3 is 0 Å². The molecule has 2 aromatic heterocycles. The highest BCUT2D eigenvalue weighted by molar-refractivity contribution is 5.44. The summed E-state index contributed by atoms with van der Waals surface area (Å²) >= 11 is 0. The van der Waals surface area contributed by atoms with Crippen molar-refractivity contribution in [3.63, 3.8) is 0 Å². The normalized spacial score (nSPS) is 15.3. The number of nitrogens with two attached hydrogens (primary N) is 1. The maximum Gasteiger partial charge on any atom is 0.222 e. The number of anilines is 2. The van der Waals surface area contributed by atoms with Crippen LogP contribution in [-0.2, 0) is 6.54 Å². The zero-order chi connectivity index (χ0) is 18.8. The van der Waals surface area contributed by atoms with E-state index >= 15 is 0 Å². The van der Waals surface area contributed by atoms with Gasteiger partial charge in [-0.1, -0.05) is 0 Å². The van der Waals surface area contributed by atoms with Crippen LogP contribution in [-0.4, -0.2) is 50.8 Å². The molecule has 8 heteroatoms. The van der Waals surface area contributed by atoms with Crippen LogP contribution in [0.2, 0.25) is 0 Å². The Morgan fingerprint density at radius 3 is 2.63 bits per heavy atom. The fourth-order valence-corrected chi connectivity index (χ4v) is 3.43. The van der Waals surface area contributed by atoms with Gasteiger partial charge in [0.05, 0.1) is 5.69 Å². The summed E-state index contributed by atoms with van der Waals surface area (Å²) in [6.45, 7) is 5.98. The maximum atomic E-state index is 13.8. The Hall–Kier alpha value is -3.00. The summed E-state index contributed by atoms with van der Waals surface area (Å²) in [6, 6.07) is 8.66. The molecule has 0 radical (unpaired) electrons. The Balaban J connectivity index is 1.46. The lowest BCUT2D eigenvalue weighted by Crippen LogP contribution is -2.46. The van der Waals surface area contributed by atoms with Crippen molar-refractivity contribution in [2.75, 3.05) is 36.8 Å². The minimum Gasteiger partial charge on any atom is -0.368 e. The lowest BCUT2D eigenvalue weighted by molar-refractivity contribution is 0.249. The van der Waals surface area contributed by atoms with E-state index < -0.39 is 0 Å². The molecule has 1 saturated heterocycles. The van der Waals surface area contributed by atoms with Gasteiger partial charge in [-0.3, -0.25) is 4.90 Å². The summed E-state index contributed by atoms with van der Waals surface area (Å²) in [5.41, 5.74) is 8.46. The van der Waals surface area contributed by atoms with E-state index in [1.807, 2.05) is 25.3 Å². The predicted octanol–water partition coefficient (Wildman–Crippen LogP) is 2.01. The standard InChI is InChI=1S/C19H22FN7/c1-14-11-18(24-19(21)23-14)26-9-7-25(8-10-26)13-15-12-16(20)3-4-17(15)27-6-2-5-22-27/h2-6,11-12H,7-10,13H2,1H3,(H2,21,23,24). The highest BCUT2D eigenvalue weighted by atomic mass is 19.1. The van der Waals surface area contributed by atoms with Gasteiger partial charge in [-0.2, -0.15) is 10.1 Å². The molecule has 140 valence electrons. The average Bonchev–Trinajstić information content (AvgIpc) is 3.16. The fraction of sp³-hybridized carbons (Fsp3) is 0.316. The van der Waals surface area contributed by atoms with E-state index in [2.05, 4.69) is 24.9 Å². The first-order valence-electron chi connectivity index (χ1n) is 8.95. The first kappa shape index (κ1) is 17.4. The second-order valence-electron chi connectivity index (χ2n) is 6.71. The van der Waals surface area contributed by atoms with Gasteiger partial charge < -0.3 is 10.6 Å². The van der Waals surface area contributed by atoms with Gasteiger partial charge in [0.1, 0.15) is 11.6 Å². The molecular weight excluding hydrogens is 345 g/mol. The Labute approximate surface area is 157 Å². The number of hydrogen-bond acceptors (Lipinski definition) is 6. The molecule has 3 heterocycles. The molecule has 3 aromatic rings. The molecule has 0 saturated carbocycles. The third-order valence-corrected chi connectivity index (χ3v) is 4.74. The number of aryl methyl sites for hydroxylation is 1. The molecule has 0 spiro atoms. The highest BCUT2D eigenvalue weighted by Crippen LogP contribution is 2.20. The largest absolute Gasteiger partial charge is 0.368 e. The van der Waals surface area contributed by atoms with Gasteiger partial charge in [-0.05, 0) is 36.8 Å². The maximum absolute atomic E-state index is 13.8. The zero-order valence-corrected chi connectivity index (χ0v) is 15.2. The van der Waals surface area contributed by atoms with Crippen molar-refractivity contribution in [1.29, 1.82) is 0 Å². The van der Waals surface area contributed by atoms with Gasteiger partial charge in [-0.15, -0.1) is 0 Å². The topological polar surface area (TPSA) is 76.1 Å². The molecule has 7 nitrogen and oxygen atoms in total. The summed E-state index contributed by atoms with van der Waals surface area (Å²) in [6.07, 6.45) is 3.60. The van der Waals surface area contributed by atoms with Crippen molar-refractivity contribution in [2.45, 2.75) is 13.5 Å². The van der Waals surface area contributed by atoms with E-state index in [1.165, 1.54) is 6.07 Å². The quantitative estimate of drug-likeness (QED) is 0.760. The number of halogens is 1. The van der Waals surface area contributed by atoms with Gasteiger partial charge in [0.2, 0.25) is 5.95 Å². The molecule has 1 aliphatic rings. The smallest absolute Gasteiger partial charge is 0.222 e. The van der Waals surface area contributed by atoms with Gasteiger partial charge in [0.25, 0.3) is 0 Å². The van der Waals surface area contributed by atoms with E-state index in [0.717, 1.165) is 48.9 Å². The van der Waals surface area contributed by atoms with Gasteiger partial charge in [0.15, 0.2) is 0 Å². The molecule has 0 atom stereocenters. The van der Waals surface area contributed by atoms with Crippen molar-refractivity contribution >= 4 is 11.8 Å². The molecule has 0 unspecified atom stereocenters. The van der Waals surface area contributed by atoms with Crippen LogP contribution in [0.5, 0.6) is 0 Å². The van der Waals surface area contributed by atoms with Crippen molar-refractivity contribution in [3.8, 4) is 5.69 Å². The summed E-state index contributed by atoms with van der Waals surface area (Å²) in [5.74, 6) is 0.935. The van der Waals surface area contributed by atoms with Gasteiger partial charge in [0, 0.05) is 56.9 Å². The van der Waals surface area contributed by atoms with Crippen LogP contribution >= 0.6 is 0 Å². The lowest BCUT2D eigenvalue weighted by Gasteiger charge is -2.35. The van der Waals surface area contributed by atoms with Crippen LogP contribution < -0.4 is 10.6 Å². The molecule has 0 amide bonds. The van der Waals surface area contributed by atoms with Gasteiger partial charge in [-0.25, -0.2) is 14.1 Å². The molecule has 1 aromatic carbocycles. The first-order chi connectivity index (χ1) is 13.1.